The number of aromatic nitrogens is 4. The third kappa shape index (κ3) is 5.09. The molecule has 5 aromatic rings. The predicted molar refractivity (Wildman–Crippen MR) is 143 cm³/mol. The number of hydrogen-bond acceptors (Lipinski definition) is 7. The Morgan fingerprint density at radius 1 is 1.05 bits per heavy atom. The molecule has 1 aliphatic heterocycles. The molecule has 7 nitrogen and oxygen atoms in total. The molecule has 1 N–H and O–H groups in total. The number of rotatable bonds is 6. The van der Waals surface area contributed by atoms with Gasteiger partial charge in [0.2, 0.25) is 0 Å². The van der Waals surface area contributed by atoms with Gasteiger partial charge in [0.1, 0.15) is 21.5 Å². The summed E-state index contributed by atoms with van der Waals surface area (Å²) in [6.45, 7) is 1.89. The Balaban J connectivity index is 1.25. The summed E-state index contributed by atoms with van der Waals surface area (Å²) in [5.41, 5.74) is 4.58. The number of pyridine rings is 1. The van der Waals surface area contributed by atoms with Crippen LogP contribution in [0, 0.1) is 0 Å². The van der Waals surface area contributed by atoms with Gasteiger partial charge in [-0.3, -0.25) is 9.69 Å². The number of carbonyl (C=O) groups excluding carboxylic acids is 1. The molecule has 1 fully saturated rings. The molecule has 1 aliphatic rings. The number of alkyl halides is 1. The highest BCUT2D eigenvalue weighted by Gasteiger charge is 2.22. The minimum absolute atomic E-state index is 0.233. The van der Waals surface area contributed by atoms with E-state index in [-0.39, 0.29) is 5.91 Å². The third-order valence-corrected chi connectivity index (χ3v) is 7.29. The van der Waals surface area contributed by atoms with Crippen molar-refractivity contribution in [1.82, 2.24) is 24.8 Å². The predicted octanol–water partition coefficient (Wildman–Crippen LogP) is 5.61. The highest BCUT2D eigenvalue weighted by atomic mass is 32.1. The van der Waals surface area contributed by atoms with E-state index in [1.54, 1.807) is 30.6 Å². The maximum atomic E-state index is 13.6. The Labute approximate surface area is 217 Å². The molecule has 4 heterocycles. The molecule has 2 aromatic carbocycles. The van der Waals surface area contributed by atoms with E-state index < -0.39 is 6.17 Å². The Kier molecular flexibility index (Phi) is 6.38. The van der Waals surface area contributed by atoms with Crippen LogP contribution in [0.1, 0.15) is 22.3 Å². The zero-order valence-electron chi connectivity index (χ0n) is 19.8. The molecule has 0 aliphatic carbocycles. The van der Waals surface area contributed by atoms with E-state index in [1.807, 2.05) is 48.7 Å². The SMILES string of the molecule is O=C(Nc1ccccc1-c1nc2cc(CN3CC[C@@H](F)C3)cnc2s1)c1cccc(-c2ncccn2)c1. The number of amides is 1. The molecule has 0 spiro atoms. The van der Waals surface area contributed by atoms with E-state index in [0.717, 1.165) is 38.6 Å². The number of halogens is 1. The third-order valence-electron chi connectivity index (χ3n) is 6.28. The normalized spacial score (nSPS) is 15.8. The van der Waals surface area contributed by atoms with E-state index in [2.05, 4.69) is 25.2 Å². The number of nitrogens with zero attached hydrogens (tertiary/aromatic N) is 5. The zero-order valence-corrected chi connectivity index (χ0v) is 20.7. The van der Waals surface area contributed by atoms with Gasteiger partial charge in [0.15, 0.2) is 5.82 Å². The van der Waals surface area contributed by atoms with Crippen LogP contribution in [0.2, 0.25) is 0 Å². The lowest BCUT2D eigenvalue weighted by atomic mass is 10.1. The van der Waals surface area contributed by atoms with Crippen LogP contribution < -0.4 is 5.32 Å². The summed E-state index contributed by atoms with van der Waals surface area (Å²) in [6, 6.07) is 18.6. The number of thiazole rings is 1. The van der Waals surface area contributed by atoms with Crippen LogP contribution in [0.3, 0.4) is 0 Å². The van der Waals surface area contributed by atoms with Gasteiger partial charge in [-0.1, -0.05) is 35.6 Å². The summed E-state index contributed by atoms with van der Waals surface area (Å²) < 4.78 is 13.6. The van der Waals surface area contributed by atoms with Crippen molar-refractivity contribution in [3.8, 4) is 22.0 Å². The first-order valence-electron chi connectivity index (χ1n) is 12.0. The molecule has 0 bridgehead atoms. The average Bonchev–Trinajstić information content (AvgIpc) is 3.55. The largest absolute Gasteiger partial charge is 0.321 e. The number of nitrogens with one attached hydrogen (secondary N) is 1. The van der Waals surface area contributed by atoms with Crippen LogP contribution in [0.25, 0.3) is 32.3 Å². The Morgan fingerprint density at radius 3 is 2.76 bits per heavy atom. The minimum Gasteiger partial charge on any atom is -0.321 e. The van der Waals surface area contributed by atoms with Crippen molar-refractivity contribution in [2.45, 2.75) is 19.1 Å². The number of anilines is 1. The van der Waals surface area contributed by atoms with Gasteiger partial charge in [-0.2, -0.15) is 0 Å². The van der Waals surface area contributed by atoms with Crippen molar-refractivity contribution in [3.05, 3.63) is 90.4 Å². The second kappa shape index (κ2) is 10.1. The van der Waals surface area contributed by atoms with Crippen LogP contribution in [0.15, 0.2) is 79.3 Å². The Morgan fingerprint density at radius 2 is 1.92 bits per heavy atom. The lowest BCUT2D eigenvalue weighted by Gasteiger charge is -2.13. The van der Waals surface area contributed by atoms with Crippen LogP contribution in [-0.2, 0) is 6.54 Å². The van der Waals surface area contributed by atoms with E-state index in [0.29, 0.717) is 36.6 Å². The van der Waals surface area contributed by atoms with Crippen molar-refractivity contribution in [2.24, 2.45) is 0 Å². The van der Waals surface area contributed by atoms with Gasteiger partial charge >= 0.3 is 0 Å². The fourth-order valence-corrected chi connectivity index (χ4v) is 5.40. The summed E-state index contributed by atoms with van der Waals surface area (Å²) >= 11 is 1.48. The molecule has 184 valence electrons. The van der Waals surface area contributed by atoms with E-state index in [1.165, 1.54) is 11.3 Å². The molecule has 9 heteroatoms. The molecule has 0 unspecified atom stereocenters. The number of hydrogen-bond donors (Lipinski definition) is 1. The van der Waals surface area contributed by atoms with Gasteiger partial charge in [-0.15, -0.1) is 0 Å². The maximum Gasteiger partial charge on any atom is 0.255 e. The van der Waals surface area contributed by atoms with Gasteiger partial charge in [0.25, 0.3) is 5.91 Å². The fraction of sp³-hybridized carbons (Fsp3) is 0.179. The van der Waals surface area contributed by atoms with Gasteiger partial charge in [-0.25, -0.2) is 24.3 Å². The highest BCUT2D eigenvalue weighted by molar-refractivity contribution is 7.21. The summed E-state index contributed by atoms with van der Waals surface area (Å²) in [5, 5.41) is 3.81. The number of benzene rings is 2. The van der Waals surface area contributed by atoms with Crippen LogP contribution >= 0.6 is 11.3 Å². The molecule has 1 amide bonds. The van der Waals surface area contributed by atoms with E-state index >= 15 is 0 Å². The van der Waals surface area contributed by atoms with Gasteiger partial charge < -0.3 is 5.32 Å². The molecule has 1 atom stereocenters. The first-order chi connectivity index (χ1) is 18.1. The van der Waals surface area contributed by atoms with Crippen molar-refractivity contribution >= 4 is 33.3 Å². The first kappa shape index (κ1) is 23.3. The van der Waals surface area contributed by atoms with Gasteiger partial charge in [0.05, 0.1) is 5.69 Å². The summed E-state index contributed by atoms with van der Waals surface area (Å²) in [7, 11) is 0. The van der Waals surface area contributed by atoms with E-state index in [9.17, 15) is 9.18 Å². The van der Waals surface area contributed by atoms with Crippen LogP contribution in [0.4, 0.5) is 10.1 Å². The number of carbonyl (C=O) groups is 1. The molecule has 3 aromatic heterocycles. The standard InChI is InChI=1S/C28H23FN6OS/c29-21-9-12-35(17-21)16-18-13-24-28(32-15-18)37-27(34-24)22-7-1-2-8-23(22)33-26(36)20-6-3-5-19(14-20)25-30-10-4-11-31-25/h1-8,10-11,13-15,21H,9,12,16-17H2,(H,33,36)/t21-/m1/s1. The zero-order chi connectivity index (χ0) is 25.2. The molecule has 0 saturated carbocycles. The van der Waals surface area contributed by atoms with Gasteiger partial charge in [-0.05, 0) is 48.4 Å². The molecule has 37 heavy (non-hydrogen) atoms. The number of likely N-dealkylation sites (tertiary alicyclic amines) is 1. The van der Waals surface area contributed by atoms with Gasteiger partial charge in [0, 0.05) is 54.9 Å². The van der Waals surface area contributed by atoms with Crippen molar-refractivity contribution in [2.75, 3.05) is 18.4 Å². The van der Waals surface area contributed by atoms with Crippen molar-refractivity contribution < 1.29 is 9.18 Å². The van der Waals surface area contributed by atoms with Crippen molar-refractivity contribution in [3.63, 3.8) is 0 Å². The monoisotopic (exact) mass is 510 g/mol. The minimum atomic E-state index is -0.747. The highest BCUT2D eigenvalue weighted by Crippen LogP contribution is 2.34. The lowest BCUT2D eigenvalue weighted by molar-refractivity contribution is 0.102. The second-order valence-electron chi connectivity index (χ2n) is 8.96. The average molecular weight is 511 g/mol. The molecular weight excluding hydrogens is 487 g/mol. The second-order valence-corrected chi connectivity index (χ2v) is 9.94. The fourth-order valence-electron chi connectivity index (χ4n) is 4.47. The van der Waals surface area contributed by atoms with Crippen LogP contribution in [-0.4, -0.2) is 50.0 Å². The molecule has 6 rings (SSSR count). The Bertz CT molecular complexity index is 1570. The first-order valence-corrected chi connectivity index (χ1v) is 12.8. The molecule has 0 radical (unpaired) electrons. The quantitative estimate of drug-likeness (QED) is 0.320. The summed E-state index contributed by atoms with van der Waals surface area (Å²) in [4.78, 5) is 34.1. The van der Waals surface area contributed by atoms with Crippen LogP contribution in [0.5, 0.6) is 0 Å². The topological polar surface area (TPSA) is 83.9 Å². The van der Waals surface area contributed by atoms with E-state index in [4.69, 9.17) is 4.98 Å². The maximum absolute atomic E-state index is 13.6. The number of para-hydroxylation sites is 1. The summed E-state index contributed by atoms with van der Waals surface area (Å²) in [6.07, 6.45) is 5.03. The summed E-state index contributed by atoms with van der Waals surface area (Å²) in [5.74, 6) is 0.330. The van der Waals surface area contributed by atoms with Crippen molar-refractivity contribution in [1.29, 1.82) is 0 Å². The molecule has 1 saturated heterocycles. The smallest absolute Gasteiger partial charge is 0.255 e. The lowest BCUT2D eigenvalue weighted by Crippen LogP contribution is -2.20. The number of fused-ring (bicyclic) bond motifs is 1. The Hall–Kier alpha value is -4.08. The molecular formula is C28H23FN6OS.